The average molecular weight is 504 g/mol. The number of unbranched alkanes of at least 4 members (excludes halogenated alkanes) is 9. The molecule has 3 aromatic rings. The van der Waals surface area contributed by atoms with Gasteiger partial charge in [0.1, 0.15) is 11.6 Å². The Morgan fingerprint density at radius 1 is 0.730 bits per heavy atom. The molecule has 2 aromatic carbocycles. The van der Waals surface area contributed by atoms with E-state index in [0.29, 0.717) is 5.75 Å². The fraction of sp³-hybridized carbons (Fsp3) is 0.455. The number of esters is 1. The minimum atomic E-state index is -0.683. The molecule has 198 valence electrons. The van der Waals surface area contributed by atoms with E-state index in [2.05, 4.69) is 24.9 Å². The van der Waals surface area contributed by atoms with Gasteiger partial charge < -0.3 is 4.74 Å². The zero-order valence-corrected chi connectivity index (χ0v) is 22.6. The number of nitrogens with zero attached hydrogens (tertiary/aromatic N) is 1. The maximum Gasteiger partial charge on any atom is 0.346 e. The summed E-state index contributed by atoms with van der Waals surface area (Å²) in [6, 6.07) is 16.2. The van der Waals surface area contributed by atoms with Gasteiger partial charge in [-0.3, -0.25) is 4.98 Å². The molecule has 0 aliphatic carbocycles. The molecule has 0 N–H and O–H groups in total. The summed E-state index contributed by atoms with van der Waals surface area (Å²) in [5.74, 6) is -0.828. The monoisotopic (exact) mass is 503 g/mol. The predicted octanol–water partition coefficient (Wildman–Crippen LogP) is 9.52. The third kappa shape index (κ3) is 9.76. The number of ether oxygens (including phenoxy) is 1. The summed E-state index contributed by atoms with van der Waals surface area (Å²) in [5, 5.41) is 0. The lowest BCUT2D eigenvalue weighted by atomic mass is 10.0. The van der Waals surface area contributed by atoms with Gasteiger partial charge in [-0.15, -0.1) is 0 Å². The van der Waals surface area contributed by atoms with E-state index in [0.717, 1.165) is 42.5 Å². The lowest BCUT2D eigenvalue weighted by Gasteiger charge is -2.08. The largest absolute Gasteiger partial charge is 0.423 e. The predicted molar refractivity (Wildman–Crippen MR) is 151 cm³/mol. The second-order valence-corrected chi connectivity index (χ2v) is 9.96. The van der Waals surface area contributed by atoms with E-state index in [1.54, 1.807) is 12.1 Å². The van der Waals surface area contributed by atoms with E-state index in [1.165, 1.54) is 75.5 Å². The van der Waals surface area contributed by atoms with Crippen molar-refractivity contribution in [3.05, 3.63) is 83.3 Å². The summed E-state index contributed by atoms with van der Waals surface area (Å²) < 4.78 is 20.1. The molecule has 0 aliphatic heterocycles. The van der Waals surface area contributed by atoms with Crippen LogP contribution < -0.4 is 4.74 Å². The van der Waals surface area contributed by atoms with Gasteiger partial charge in [0.2, 0.25) is 0 Å². The molecule has 4 heteroatoms. The molecule has 3 nitrogen and oxygen atoms in total. The lowest BCUT2D eigenvalue weighted by molar-refractivity contribution is 0.0730. The van der Waals surface area contributed by atoms with Gasteiger partial charge in [0.15, 0.2) is 0 Å². The molecule has 0 saturated carbocycles. The highest BCUT2D eigenvalue weighted by molar-refractivity contribution is 5.91. The molecule has 0 aliphatic rings. The summed E-state index contributed by atoms with van der Waals surface area (Å²) in [7, 11) is 0. The van der Waals surface area contributed by atoms with E-state index in [9.17, 15) is 9.18 Å². The minimum absolute atomic E-state index is 0.0391. The molecular formula is C33H42FNO2. The molecule has 0 saturated heterocycles. The summed E-state index contributed by atoms with van der Waals surface area (Å²) in [6.07, 6.45) is 17.4. The first-order chi connectivity index (χ1) is 18.1. The SMILES string of the molecule is CCCCCCCCc1ccc(C(=O)Oc2ccc(-c3ccc(CCCCCCC)cn3)cc2)c(F)c1. The third-order valence-electron chi connectivity index (χ3n) is 6.83. The fourth-order valence-electron chi connectivity index (χ4n) is 4.52. The van der Waals surface area contributed by atoms with Crippen LogP contribution in [0.5, 0.6) is 5.75 Å². The van der Waals surface area contributed by atoms with Crippen LogP contribution in [0.2, 0.25) is 0 Å². The molecule has 0 fully saturated rings. The zero-order chi connectivity index (χ0) is 26.3. The van der Waals surface area contributed by atoms with Crippen molar-refractivity contribution < 1.29 is 13.9 Å². The van der Waals surface area contributed by atoms with Crippen molar-refractivity contribution >= 4 is 5.97 Å². The third-order valence-corrected chi connectivity index (χ3v) is 6.83. The molecule has 37 heavy (non-hydrogen) atoms. The summed E-state index contributed by atoms with van der Waals surface area (Å²) >= 11 is 0. The summed E-state index contributed by atoms with van der Waals surface area (Å²) in [4.78, 5) is 17.2. The van der Waals surface area contributed by atoms with Crippen LogP contribution in [0.15, 0.2) is 60.8 Å². The quantitative estimate of drug-likeness (QED) is 0.111. The molecule has 1 heterocycles. The fourth-order valence-corrected chi connectivity index (χ4v) is 4.52. The number of aromatic nitrogens is 1. The van der Waals surface area contributed by atoms with Crippen LogP contribution in [-0.2, 0) is 12.8 Å². The van der Waals surface area contributed by atoms with E-state index in [4.69, 9.17) is 4.74 Å². The number of carbonyl (C=O) groups excluding carboxylic acids is 1. The molecule has 0 bridgehead atoms. The molecule has 1 aromatic heterocycles. The van der Waals surface area contributed by atoms with Gasteiger partial charge in [-0.05, 0) is 79.3 Å². The Morgan fingerprint density at radius 3 is 1.92 bits per heavy atom. The molecule has 3 rings (SSSR count). The van der Waals surface area contributed by atoms with Gasteiger partial charge in [-0.1, -0.05) is 83.8 Å². The van der Waals surface area contributed by atoms with Crippen molar-refractivity contribution in [2.24, 2.45) is 0 Å². The highest BCUT2D eigenvalue weighted by Gasteiger charge is 2.15. The first-order valence-corrected chi connectivity index (χ1v) is 14.2. The van der Waals surface area contributed by atoms with Crippen molar-refractivity contribution in [2.45, 2.75) is 97.3 Å². The van der Waals surface area contributed by atoms with Crippen LogP contribution in [-0.4, -0.2) is 11.0 Å². The first kappa shape index (κ1) is 28.6. The van der Waals surface area contributed by atoms with Crippen LogP contribution in [0.4, 0.5) is 4.39 Å². The molecule has 0 atom stereocenters. The Kier molecular flexibility index (Phi) is 12.3. The van der Waals surface area contributed by atoms with Crippen LogP contribution in [0, 0.1) is 5.82 Å². The van der Waals surface area contributed by atoms with Gasteiger partial charge in [0.25, 0.3) is 0 Å². The highest BCUT2D eigenvalue weighted by Crippen LogP contribution is 2.23. The van der Waals surface area contributed by atoms with Crippen LogP contribution >= 0.6 is 0 Å². The van der Waals surface area contributed by atoms with E-state index in [-0.39, 0.29) is 5.56 Å². The van der Waals surface area contributed by atoms with Crippen LogP contribution in [0.25, 0.3) is 11.3 Å². The topological polar surface area (TPSA) is 39.2 Å². The number of pyridine rings is 1. The van der Waals surface area contributed by atoms with E-state index < -0.39 is 11.8 Å². The van der Waals surface area contributed by atoms with Crippen molar-refractivity contribution in [2.75, 3.05) is 0 Å². The second-order valence-electron chi connectivity index (χ2n) is 9.96. The maximum atomic E-state index is 14.6. The number of halogens is 1. The molecular weight excluding hydrogens is 461 g/mol. The average Bonchev–Trinajstić information content (AvgIpc) is 2.91. The second kappa shape index (κ2) is 16.0. The molecule has 0 amide bonds. The van der Waals surface area contributed by atoms with Gasteiger partial charge in [0.05, 0.1) is 11.3 Å². The van der Waals surface area contributed by atoms with Crippen LogP contribution in [0.1, 0.15) is 106 Å². The lowest BCUT2D eigenvalue weighted by Crippen LogP contribution is -2.11. The van der Waals surface area contributed by atoms with Gasteiger partial charge in [0, 0.05) is 11.8 Å². The number of hydrogen-bond donors (Lipinski definition) is 0. The van der Waals surface area contributed by atoms with Gasteiger partial charge in [-0.2, -0.15) is 0 Å². The smallest absolute Gasteiger partial charge is 0.346 e. The van der Waals surface area contributed by atoms with Gasteiger partial charge in [-0.25, -0.2) is 9.18 Å². The van der Waals surface area contributed by atoms with E-state index >= 15 is 0 Å². The van der Waals surface area contributed by atoms with Crippen molar-refractivity contribution in [1.82, 2.24) is 4.98 Å². The number of rotatable bonds is 16. The van der Waals surface area contributed by atoms with Crippen molar-refractivity contribution in [1.29, 1.82) is 0 Å². The van der Waals surface area contributed by atoms with E-state index in [1.807, 2.05) is 30.5 Å². The number of hydrogen-bond acceptors (Lipinski definition) is 3. The standard InChI is InChI=1S/C33H42FNO2/c1-3-5-7-9-11-12-14-26-16-22-30(31(34)24-26)33(36)37-29-20-18-28(19-21-29)32-23-17-27(25-35-32)15-13-10-8-6-4-2/h16-25H,3-15H2,1-2H3. The highest BCUT2D eigenvalue weighted by atomic mass is 19.1. The summed E-state index contributed by atoms with van der Waals surface area (Å²) in [5.41, 5.74) is 3.96. The van der Waals surface area contributed by atoms with Crippen molar-refractivity contribution in [3.63, 3.8) is 0 Å². The number of benzene rings is 2. The summed E-state index contributed by atoms with van der Waals surface area (Å²) in [6.45, 7) is 4.44. The Labute approximate surface area is 222 Å². The number of carbonyl (C=O) groups is 1. The van der Waals surface area contributed by atoms with Crippen LogP contribution in [0.3, 0.4) is 0 Å². The van der Waals surface area contributed by atoms with Crippen molar-refractivity contribution in [3.8, 4) is 17.0 Å². The Balaban J connectivity index is 1.49. The molecule has 0 unspecified atom stereocenters. The maximum absolute atomic E-state index is 14.6. The Hall–Kier alpha value is -3.01. The Morgan fingerprint density at radius 2 is 1.32 bits per heavy atom. The molecule has 0 spiro atoms. The first-order valence-electron chi connectivity index (χ1n) is 14.2. The minimum Gasteiger partial charge on any atom is -0.423 e. The molecule has 0 radical (unpaired) electrons. The number of aryl methyl sites for hydroxylation is 2. The zero-order valence-electron chi connectivity index (χ0n) is 22.6. The van der Waals surface area contributed by atoms with Gasteiger partial charge >= 0.3 is 5.97 Å². The normalized spacial score (nSPS) is 11.0. The Bertz CT molecular complexity index is 1080.